The van der Waals surface area contributed by atoms with Crippen LogP contribution in [0, 0.1) is 0 Å². The number of hydrogen-bond acceptors (Lipinski definition) is 4. The van der Waals surface area contributed by atoms with Crippen molar-refractivity contribution in [1.29, 1.82) is 0 Å². The molecule has 0 aliphatic rings. The SMILES string of the molecule is CC(C)(C)c1cc(-c2csc(Nc3ccccc3)n2)cc(C(C)(C)C)c1O.[Br-]. The molecular weight excluding hydrogens is 432 g/mol. The van der Waals surface area contributed by atoms with E-state index in [1.807, 2.05) is 30.3 Å². The van der Waals surface area contributed by atoms with Crippen LogP contribution < -0.4 is 22.3 Å². The molecule has 1 heterocycles. The molecule has 0 fully saturated rings. The molecule has 1 aromatic heterocycles. The molecule has 2 aromatic carbocycles. The monoisotopic (exact) mass is 459 g/mol. The molecular formula is C23H28BrN2OS-. The summed E-state index contributed by atoms with van der Waals surface area (Å²) in [6.45, 7) is 12.8. The molecule has 3 nitrogen and oxygen atoms in total. The van der Waals surface area contributed by atoms with Gasteiger partial charge in [-0.15, -0.1) is 11.3 Å². The van der Waals surface area contributed by atoms with Crippen LogP contribution in [0.4, 0.5) is 10.8 Å². The van der Waals surface area contributed by atoms with Crippen molar-refractivity contribution in [3.8, 4) is 17.0 Å². The van der Waals surface area contributed by atoms with Crippen LogP contribution in [0.1, 0.15) is 52.7 Å². The highest BCUT2D eigenvalue weighted by Crippen LogP contribution is 2.42. The predicted molar refractivity (Wildman–Crippen MR) is 116 cm³/mol. The molecule has 0 unspecified atom stereocenters. The molecule has 2 N–H and O–H groups in total. The van der Waals surface area contributed by atoms with Crippen LogP contribution >= 0.6 is 11.3 Å². The molecule has 0 atom stereocenters. The van der Waals surface area contributed by atoms with E-state index in [1.54, 1.807) is 11.3 Å². The van der Waals surface area contributed by atoms with Crippen molar-refractivity contribution in [3.63, 3.8) is 0 Å². The number of anilines is 2. The Morgan fingerprint density at radius 3 is 1.93 bits per heavy atom. The molecule has 28 heavy (non-hydrogen) atoms. The Balaban J connectivity index is 0.00000280. The zero-order valence-corrected chi connectivity index (χ0v) is 19.7. The standard InChI is InChI=1S/C23H28N2OS.BrH/c1-22(2,3)17-12-15(13-18(20(17)26)23(4,5)6)19-14-27-21(25-19)24-16-10-8-7-9-11-16;/h7-14,26H,1-6H3,(H,24,25);1H/p-1. The Labute approximate surface area is 182 Å². The third-order valence-corrected chi connectivity index (χ3v) is 5.31. The molecule has 150 valence electrons. The molecule has 3 aromatic rings. The number of rotatable bonds is 3. The van der Waals surface area contributed by atoms with Crippen LogP contribution in [-0.4, -0.2) is 10.1 Å². The number of para-hydroxylation sites is 1. The van der Waals surface area contributed by atoms with Gasteiger partial charge in [0.05, 0.1) is 5.69 Å². The Morgan fingerprint density at radius 2 is 1.43 bits per heavy atom. The van der Waals surface area contributed by atoms with Crippen LogP contribution in [0.2, 0.25) is 0 Å². The fourth-order valence-corrected chi connectivity index (χ4v) is 3.77. The second kappa shape index (κ2) is 8.26. The molecule has 3 rings (SSSR count). The molecule has 0 aliphatic carbocycles. The van der Waals surface area contributed by atoms with Crippen molar-refractivity contribution in [2.75, 3.05) is 5.32 Å². The predicted octanol–water partition coefficient (Wildman–Crippen LogP) is 3.86. The van der Waals surface area contributed by atoms with E-state index in [9.17, 15) is 5.11 Å². The van der Waals surface area contributed by atoms with Crippen molar-refractivity contribution in [3.05, 3.63) is 59.0 Å². The highest BCUT2D eigenvalue weighted by Gasteiger charge is 2.27. The average molecular weight is 460 g/mol. The number of phenols is 1. The van der Waals surface area contributed by atoms with Crippen LogP contribution in [0.25, 0.3) is 11.3 Å². The molecule has 5 heteroatoms. The molecule has 0 aliphatic heterocycles. The Kier molecular flexibility index (Phi) is 6.62. The summed E-state index contributed by atoms with van der Waals surface area (Å²) in [7, 11) is 0. The quantitative estimate of drug-likeness (QED) is 0.624. The van der Waals surface area contributed by atoms with E-state index in [2.05, 4.69) is 64.4 Å². The fraction of sp³-hybridized carbons (Fsp3) is 0.348. The minimum Gasteiger partial charge on any atom is -1.00 e. The van der Waals surface area contributed by atoms with E-state index in [0.29, 0.717) is 5.75 Å². The summed E-state index contributed by atoms with van der Waals surface area (Å²) in [5, 5.41) is 17.2. The lowest BCUT2D eigenvalue weighted by Gasteiger charge is -2.28. The van der Waals surface area contributed by atoms with Gasteiger partial charge >= 0.3 is 0 Å². The Bertz CT molecular complexity index is 902. The van der Waals surface area contributed by atoms with E-state index in [1.165, 1.54) is 0 Å². The first kappa shape index (κ1) is 22.4. The van der Waals surface area contributed by atoms with Crippen molar-refractivity contribution in [2.45, 2.75) is 52.4 Å². The van der Waals surface area contributed by atoms with Crippen LogP contribution in [0.3, 0.4) is 0 Å². The average Bonchev–Trinajstić information content (AvgIpc) is 3.02. The van der Waals surface area contributed by atoms with E-state index in [4.69, 9.17) is 4.98 Å². The molecule has 0 radical (unpaired) electrons. The minimum atomic E-state index is -0.152. The van der Waals surface area contributed by atoms with Gasteiger partial charge in [-0.2, -0.15) is 0 Å². The van der Waals surface area contributed by atoms with Gasteiger partial charge in [-0.25, -0.2) is 4.98 Å². The molecule has 0 spiro atoms. The van der Waals surface area contributed by atoms with Crippen molar-refractivity contribution >= 4 is 22.2 Å². The molecule has 0 amide bonds. The third-order valence-electron chi connectivity index (χ3n) is 4.55. The van der Waals surface area contributed by atoms with Crippen molar-refractivity contribution in [2.24, 2.45) is 0 Å². The molecule has 0 bridgehead atoms. The summed E-state index contributed by atoms with van der Waals surface area (Å²) < 4.78 is 0. The Morgan fingerprint density at radius 1 is 0.893 bits per heavy atom. The highest BCUT2D eigenvalue weighted by atomic mass is 79.9. The van der Waals surface area contributed by atoms with Crippen molar-refractivity contribution in [1.82, 2.24) is 4.98 Å². The molecule has 0 saturated carbocycles. The molecule has 0 saturated heterocycles. The first-order valence-electron chi connectivity index (χ1n) is 9.21. The van der Waals surface area contributed by atoms with Gasteiger partial charge in [0, 0.05) is 27.8 Å². The lowest BCUT2D eigenvalue weighted by molar-refractivity contribution is -0.00000758. The van der Waals surface area contributed by atoms with Crippen molar-refractivity contribution < 1.29 is 22.1 Å². The largest absolute Gasteiger partial charge is 1.00 e. The fourth-order valence-electron chi connectivity index (χ4n) is 3.03. The normalized spacial score (nSPS) is 11.8. The summed E-state index contributed by atoms with van der Waals surface area (Å²) in [6, 6.07) is 14.2. The number of nitrogens with one attached hydrogen (secondary N) is 1. The maximum absolute atomic E-state index is 10.9. The third kappa shape index (κ3) is 4.95. The lowest BCUT2D eigenvalue weighted by atomic mass is 9.78. The van der Waals surface area contributed by atoms with Gasteiger partial charge in [-0.3, -0.25) is 0 Å². The maximum atomic E-state index is 10.9. The second-order valence-corrected chi connectivity index (χ2v) is 9.81. The van der Waals surface area contributed by atoms with Crippen LogP contribution in [0.15, 0.2) is 47.8 Å². The number of aromatic hydroxyl groups is 1. The summed E-state index contributed by atoms with van der Waals surface area (Å²) in [5.41, 5.74) is 4.60. The zero-order chi connectivity index (χ0) is 19.8. The smallest absolute Gasteiger partial charge is 0.187 e. The lowest BCUT2D eigenvalue weighted by Crippen LogP contribution is -3.00. The van der Waals surface area contributed by atoms with E-state index >= 15 is 0 Å². The van der Waals surface area contributed by atoms with Gasteiger partial charge in [-0.05, 0) is 35.1 Å². The highest BCUT2D eigenvalue weighted by molar-refractivity contribution is 7.14. The van der Waals surface area contributed by atoms with Gasteiger partial charge < -0.3 is 27.4 Å². The minimum absolute atomic E-state index is 0. The Hall–Kier alpha value is -1.85. The van der Waals surface area contributed by atoms with Gasteiger partial charge in [-0.1, -0.05) is 59.7 Å². The number of hydrogen-bond donors (Lipinski definition) is 2. The first-order chi connectivity index (χ1) is 12.6. The van der Waals surface area contributed by atoms with Gasteiger partial charge in [0.15, 0.2) is 5.13 Å². The summed E-state index contributed by atoms with van der Waals surface area (Å²) in [6.07, 6.45) is 0. The number of phenolic OH excluding ortho intramolecular Hbond substituents is 1. The first-order valence-corrected chi connectivity index (χ1v) is 10.1. The number of nitrogens with zero attached hydrogens (tertiary/aromatic N) is 1. The van der Waals surface area contributed by atoms with E-state index < -0.39 is 0 Å². The van der Waals surface area contributed by atoms with E-state index in [-0.39, 0.29) is 27.8 Å². The van der Waals surface area contributed by atoms with Gasteiger partial charge in [0.25, 0.3) is 0 Å². The number of thiazole rings is 1. The van der Waals surface area contributed by atoms with Crippen LogP contribution in [-0.2, 0) is 10.8 Å². The number of halogens is 1. The summed E-state index contributed by atoms with van der Waals surface area (Å²) in [4.78, 5) is 4.78. The maximum Gasteiger partial charge on any atom is 0.187 e. The van der Waals surface area contributed by atoms with Gasteiger partial charge in [0.2, 0.25) is 0 Å². The van der Waals surface area contributed by atoms with E-state index in [0.717, 1.165) is 33.2 Å². The summed E-state index contributed by atoms with van der Waals surface area (Å²) in [5.74, 6) is 0.400. The number of aromatic nitrogens is 1. The van der Waals surface area contributed by atoms with Gasteiger partial charge in [0.1, 0.15) is 5.75 Å². The summed E-state index contributed by atoms with van der Waals surface area (Å²) >= 11 is 1.59. The van der Waals surface area contributed by atoms with Crippen LogP contribution in [0.5, 0.6) is 5.75 Å². The second-order valence-electron chi connectivity index (χ2n) is 8.95. The topological polar surface area (TPSA) is 45.2 Å². The number of benzene rings is 2. The zero-order valence-electron chi connectivity index (χ0n) is 17.3.